The number of hydrogen-bond donors (Lipinski definition) is 2. The van der Waals surface area contributed by atoms with Gasteiger partial charge in [-0.1, -0.05) is 20.3 Å². The smallest absolute Gasteiger partial charge is 0.134 e. The van der Waals surface area contributed by atoms with Gasteiger partial charge in [0, 0.05) is 11.6 Å². The van der Waals surface area contributed by atoms with E-state index in [4.69, 9.17) is 5.73 Å². The fourth-order valence-corrected chi connectivity index (χ4v) is 2.62. The van der Waals surface area contributed by atoms with Gasteiger partial charge in [-0.05, 0) is 31.6 Å². The lowest BCUT2D eigenvalue weighted by atomic mass is 9.75. The molecule has 0 radical (unpaired) electrons. The number of hydrogen-bond acceptors (Lipinski definition) is 4. The quantitative estimate of drug-likeness (QED) is 0.826. The normalized spacial score (nSPS) is 23.4. The molecule has 0 aromatic carbocycles. The van der Waals surface area contributed by atoms with Gasteiger partial charge in [-0.25, -0.2) is 9.97 Å². The lowest BCUT2D eigenvalue weighted by Gasteiger charge is -2.36. The van der Waals surface area contributed by atoms with E-state index in [9.17, 15) is 0 Å². The van der Waals surface area contributed by atoms with Crippen LogP contribution >= 0.6 is 0 Å². The summed E-state index contributed by atoms with van der Waals surface area (Å²) in [6, 6.07) is 0.506. The molecule has 1 fully saturated rings. The first-order chi connectivity index (χ1) is 7.98. The van der Waals surface area contributed by atoms with Crippen molar-refractivity contribution in [3.8, 4) is 0 Å². The van der Waals surface area contributed by atoms with E-state index in [1.165, 1.54) is 32.0 Å². The number of aromatic nitrogens is 2. The predicted molar refractivity (Wildman–Crippen MR) is 70.8 cm³/mol. The van der Waals surface area contributed by atoms with Crippen LogP contribution in [0.5, 0.6) is 0 Å². The van der Waals surface area contributed by atoms with Gasteiger partial charge < -0.3 is 11.1 Å². The minimum Gasteiger partial charge on any atom is -0.383 e. The van der Waals surface area contributed by atoms with E-state index < -0.39 is 0 Å². The molecule has 94 valence electrons. The summed E-state index contributed by atoms with van der Waals surface area (Å²) >= 11 is 0. The highest BCUT2D eigenvalue weighted by molar-refractivity contribution is 5.54. The van der Waals surface area contributed by atoms with Crippen LogP contribution in [0.1, 0.15) is 45.1 Å². The Balaban J connectivity index is 2.08. The highest BCUT2D eigenvalue weighted by Crippen LogP contribution is 2.36. The summed E-state index contributed by atoms with van der Waals surface area (Å²) in [4.78, 5) is 8.27. The maximum absolute atomic E-state index is 5.79. The third kappa shape index (κ3) is 2.87. The van der Waals surface area contributed by atoms with Gasteiger partial charge in [0.25, 0.3) is 0 Å². The molecule has 0 aliphatic heterocycles. The molecule has 0 saturated heterocycles. The summed E-state index contributed by atoms with van der Waals surface area (Å²) in [5.41, 5.74) is 7.18. The second-order valence-corrected chi connectivity index (χ2v) is 5.83. The van der Waals surface area contributed by atoms with Crippen LogP contribution in [0.15, 0.2) is 6.33 Å². The van der Waals surface area contributed by atoms with E-state index in [1.807, 2.05) is 6.92 Å². The monoisotopic (exact) mass is 234 g/mol. The topological polar surface area (TPSA) is 63.8 Å². The van der Waals surface area contributed by atoms with Gasteiger partial charge in [-0.15, -0.1) is 0 Å². The molecule has 1 unspecified atom stereocenters. The zero-order valence-corrected chi connectivity index (χ0v) is 11.0. The van der Waals surface area contributed by atoms with Crippen molar-refractivity contribution in [1.29, 1.82) is 0 Å². The zero-order valence-electron chi connectivity index (χ0n) is 11.0. The fourth-order valence-electron chi connectivity index (χ4n) is 2.62. The van der Waals surface area contributed by atoms with Crippen molar-refractivity contribution in [3.63, 3.8) is 0 Å². The number of nitrogens with one attached hydrogen (secondary N) is 1. The standard InChI is InChI=1S/C13H22N4/c1-9-11(14)15-8-16-12(9)17-10-5-4-6-13(2,3)7-10/h8,10H,4-7H2,1-3H3,(H3,14,15,16,17). The van der Waals surface area contributed by atoms with Gasteiger partial charge in [0.2, 0.25) is 0 Å². The minimum atomic E-state index is 0.433. The first-order valence-corrected chi connectivity index (χ1v) is 6.31. The van der Waals surface area contributed by atoms with Crippen molar-refractivity contribution in [2.45, 2.75) is 52.5 Å². The van der Waals surface area contributed by atoms with E-state index in [1.54, 1.807) is 0 Å². The van der Waals surface area contributed by atoms with Gasteiger partial charge in [-0.2, -0.15) is 0 Å². The average molecular weight is 234 g/mol. The second kappa shape index (κ2) is 4.51. The summed E-state index contributed by atoms with van der Waals surface area (Å²) in [7, 11) is 0. The number of nitrogen functional groups attached to an aromatic ring is 1. The number of nitrogens with two attached hydrogens (primary N) is 1. The van der Waals surface area contributed by atoms with Gasteiger partial charge in [0.1, 0.15) is 18.0 Å². The van der Waals surface area contributed by atoms with Crippen molar-refractivity contribution < 1.29 is 0 Å². The third-order valence-electron chi connectivity index (χ3n) is 3.67. The van der Waals surface area contributed by atoms with Gasteiger partial charge in [0.15, 0.2) is 0 Å². The van der Waals surface area contributed by atoms with Gasteiger partial charge in [-0.3, -0.25) is 0 Å². The second-order valence-electron chi connectivity index (χ2n) is 5.83. The molecule has 4 nitrogen and oxygen atoms in total. The van der Waals surface area contributed by atoms with Crippen LogP contribution in [-0.2, 0) is 0 Å². The molecule has 3 N–H and O–H groups in total. The van der Waals surface area contributed by atoms with Crippen LogP contribution in [0.3, 0.4) is 0 Å². The Morgan fingerprint density at radius 3 is 2.88 bits per heavy atom. The molecule has 1 heterocycles. The number of anilines is 2. The van der Waals surface area contributed by atoms with Crippen LogP contribution in [0, 0.1) is 12.3 Å². The molecule has 0 bridgehead atoms. The Bertz CT molecular complexity index is 400. The number of rotatable bonds is 2. The summed E-state index contributed by atoms with van der Waals surface area (Å²) in [6.07, 6.45) is 6.53. The molecule has 4 heteroatoms. The van der Waals surface area contributed by atoms with Crippen LogP contribution in [0.2, 0.25) is 0 Å². The molecule has 2 rings (SSSR count). The molecule has 17 heavy (non-hydrogen) atoms. The Labute approximate surface area is 103 Å². The van der Waals surface area contributed by atoms with E-state index in [-0.39, 0.29) is 0 Å². The Morgan fingerprint density at radius 1 is 1.41 bits per heavy atom. The minimum absolute atomic E-state index is 0.433. The Hall–Kier alpha value is -1.32. The highest BCUT2D eigenvalue weighted by atomic mass is 15.1. The predicted octanol–water partition coefficient (Wildman–Crippen LogP) is 2.75. The molecule has 1 aromatic heterocycles. The first kappa shape index (κ1) is 12.1. The summed E-state index contributed by atoms with van der Waals surface area (Å²) in [6.45, 7) is 6.63. The zero-order chi connectivity index (χ0) is 12.5. The highest BCUT2D eigenvalue weighted by Gasteiger charge is 2.28. The maximum Gasteiger partial charge on any atom is 0.134 e. The third-order valence-corrected chi connectivity index (χ3v) is 3.67. The number of nitrogens with zero attached hydrogens (tertiary/aromatic N) is 2. The van der Waals surface area contributed by atoms with E-state index in [0.717, 1.165) is 11.4 Å². The van der Waals surface area contributed by atoms with Crippen molar-refractivity contribution in [2.75, 3.05) is 11.1 Å². The van der Waals surface area contributed by atoms with Crippen molar-refractivity contribution in [3.05, 3.63) is 11.9 Å². The molecular weight excluding hydrogens is 212 g/mol. The summed E-state index contributed by atoms with van der Waals surface area (Å²) in [5.74, 6) is 1.46. The van der Waals surface area contributed by atoms with Crippen LogP contribution in [0.25, 0.3) is 0 Å². The van der Waals surface area contributed by atoms with Crippen LogP contribution in [0.4, 0.5) is 11.6 Å². The fraction of sp³-hybridized carbons (Fsp3) is 0.692. The summed E-state index contributed by atoms with van der Waals surface area (Å²) in [5, 5.41) is 3.51. The molecule has 1 saturated carbocycles. The molecule has 0 spiro atoms. The molecule has 1 aliphatic carbocycles. The van der Waals surface area contributed by atoms with Crippen LogP contribution < -0.4 is 11.1 Å². The van der Waals surface area contributed by atoms with Crippen molar-refractivity contribution >= 4 is 11.6 Å². The van der Waals surface area contributed by atoms with Crippen molar-refractivity contribution in [1.82, 2.24) is 9.97 Å². The molecular formula is C13H22N4. The molecule has 1 aromatic rings. The van der Waals surface area contributed by atoms with Crippen molar-refractivity contribution in [2.24, 2.45) is 5.41 Å². The maximum atomic E-state index is 5.79. The van der Waals surface area contributed by atoms with E-state index in [2.05, 4.69) is 29.1 Å². The van der Waals surface area contributed by atoms with Gasteiger partial charge >= 0.3 is 0 Å². The lowest BCUT2D eigenvalue weighted by molar-refractivity contribution is 0.229. The van der Waals surface area contributed by atoms with E-state index >= 15 is 0 Å². The first-order valence-electron chi connectivity index (χ1n) is 6.31. The lowest BCUT2D eigenvalue weighted by Crippen LogP contribution is -2.32. The SMILES string of the molecule is Cc1c(N)ncnc1NC1CCCC(C)(C)C1. The molecule has 1 aliphatic rings. The average Bonchev–Trinajstić information content (AvgIpc) is 2.23. The molecule has 0 amide bonds. The Morgan fingerprint density at radius 2 is 2.18 bits per heavy atom. The largest absolute Gasteiger partial charge is 0.383 e. The Kier molecular flexibility index (Phi) is 3.22. The van der Waals surface area contributed by atoms with Gasteiger partial charge in [0.05, 0.1) is 0 Å². The van der Waals surface area contributed by atoms with E-state index in [0.29, 0.717) is 17.3 Å². The summed E-state index contributed by atoms with van der Waals surface area (Å²) < 4.78 is 0. The molecule has 1 atom stereocenters. The van der Waals surface area contributed by atoms with Crippen LogP contribution in [-0.4, -0.2) is 16.0 Å².